The summed E-state index contributed by atoms with van der Waals surface area (Å²) in [7, 11) is 3.50. The number of piperidine rings is 1. The van der Waals surface area contributed by atoms with Crippen molar-refractivity contribution < 1.29 is 14.3 Å². The SMILES string of the molecule is C#C/C=C(\C=C/OC)c1nc(SC=C)n(C)c1-c1ccnc(NC2CCN(C(=O)OC(C)(C)C)CC2)n1. The van der Waals surface area contributed by atoms with E-state index in [1.54, 1.807) is 42.0 Å². The molecule has 0 atom stereocenters. The lowest BCUT2D eigenvalue weighted by atomic mass is 10.1. The number of hydrogen-bond donors (Lipinski definition) is 1. The Morgan fingerprint density at radius 2 is 2.05 bits per heavy atom. The smallest absolute Gasteiger partial charge is 0.410 e. The van der Waals surface area contributed by atoms with Crippen LogP contribution in [0.2, 0.25) is 0 Å². The number of amides is 1. The Balaban J connectivity index is 1.83. The van der Waals surface area contributed by atoms with Crippen molar-refractivity contribution in [1.82, 2.24) is 24.4 Å². The number of rotatable bonds is 8. The molecule has 1 amide bonds. The number of allylic oxidation sites excluding steroid dienone is 3. The molecule has 1 aliphatic heterocycles. The van der Waals surface area contributed by atoms with E-state index in [4.69, 9.17) is 25.9 Å². The first-order chi connectivity index (χ1) is 17.7. The van der Waals surface area contributed by atoms with E-state index in [1.165, 1.54) is 11.8 Å². The lowest BCUT2D eigenvalue weighted by molar-refractivity contribution is 0.0210. The predicted molar refractivity (Wildman–Crippen MR) is 148 cm³/mol. The van der Waals surface area contributed by atoms with Crippen molar-refractivity contribution in [3.63, 3.8) is 0 Å². The maximum atomic E-state index is 12.4. The molecule has 3 rings (SSSR count). The summed E-state index contributed by atoms with van der Waals surface area (Å²) in [5, 5.41) is 5.90. The Morgan fingerprint density at radius 3 is 2.68 bits per heavy atom. The largest absolute Gasteiger partial charge is 0.504 e. The number of terminal acetylenes is 1. The van der Waals surface area contributed by atoms with Crippen molar-refractivity contribution >= 4 is 29.4 Å². The van der Waals surface area contributed by atoms with Gasteiger partial charge in [-0.2, -0.15) is 0 Å². The van der Waals surface area contributed by atoms with Crippen LogP contribution in [0.25, 0.3) is 17.0 Å². The van der Waals surface area contributed by atoms with Crippen LogP contribution in [0, 0.1) is 12.3 Å². The first kappa shape index (κ1) is 27.9. The second-order valence-electron chi connectivity index (χ2n) is 9.39. The number of ether oxygens (including phenoxy) is 2. The summed E-state index contributed by atoms with van der Waals surface area (Å²) < 4.78 is 12.6. The summed E-state index contributed by atoms with van der Waals surface area (Å²) in [4.78, 5) is 28.1. The van der Waals surface area contributed by atoms with Gasteiger partial charge in [-0.1, -0.05) is 24.3 Å². The Labute approximate surface area is 223 Å². The highest BCUT2D eigenvalue weighted by Crippen LogP contribution is 2.33. The molecule has 37 heavy (non-hydrogen) atoms. The summed E-state index contributed by atoms with van der Waals surface area (Å²) in [6, 6.07) is 1.97. The molecule has 0 radical (unpaired) electrons. The third kappa shape index (κ3) is 7.40. The van der Waals surface area contributed by atoms with E-state index in [2.05, 4.69) is 22.8 Å². The lowest BCUT2D eigenvalue weighted by Gasteiger charge is -2.33. The monoisotopic (exact) mass is 522 g/mol. The van der Waals surface area contributed by atoms with Crippen LogP contribution < -0.4 is 5.32 Å². The average Bonchev–Trinajstić information content (AvgIpc) is 3.17. The fraction of sp³-hybridized carbons (Fsp3) is 0.407. The Hall–Kier alpha value is -3.71. The molecule has 196 valence electrons. The highest BCUT2D eigenvalue weighted by atomic mass is 32.2. The maximum absolute atomic E-state index is 12.4. The number of nitrogens with one attached hydrogen (secondary N) is 1. The first-order valence-corrected chi connectivity index (χ1v) is 12.8. The maximum Gasteiger partial charge on any atom is 0.410 e. The van der Waals surface area contributed by atoms with Crippen molar-refractivity contribution in [2.45, 2.75) is 50.4 Å². The van der Waals surface area contributed by atoms with E-state index in [0.29, 0.717) is 36.0 Å². The number of thioether (sulfide) groups is 1. The molecule has 1 aliphatic rings. The van der Waals surface area contributed by atoms with E-state index < -0.39 is 5.60 Å². The van der Waals surface area contributed by atoms with Crippen LogP contribution in [0.5, 0.6) is 0 Å². The normalized spacial score (nSPS) is 14.9. The molecule has 1 fully saturated rings. The second-order valence-corrected chi connectivity index (χ2v) is 10.3. The van der Waals surface area contributed by atoms with Crippen LogP contribution in [-0.4, -0.2) is 62.4 Å². The molecule has 0 aliphatic carbocycles. The van der Waals surface area contributed by atoms with Gasteiger partial charge in [0.25, 0.3) is 0 Å². The van der Waals surface area contributed by atoms with Gasteiger partial charge in [-0.3, -0.25) is 0 Å². The topological polar surface area (TPSA) is 94.4 Å². The number of likely N-dealkylation sites (tertiary alicyclic amines) is 1. The Bertz CT molecular complexity index is 1210. The standard InChI is InChI=1S/C27H34N6O3S/c1-8-10-19(14-18-35-7)22-23(32(6)25(31-22)37-9-2)21-11-15-28-24(30-21)29-20-12-16-33(17-13-20)26(34)36-27(3,4)5/h1,9-11,14-15,18,20H,2,12-13,16-17H2,3-7H3,(H,28,29,30)/b18-14-,19-10+. The van der Waals surface area contributed by atoms with Crippen molar-refractivity contribution in [3.8, 4) is 23.7 Å². The number of carbonyl (C=O) groups is 1. The molecule has 0 saturated carbocycles. The van der Waals surface area contributed by atoms with Gasteiger partial charge in [-0.15, -0.1) is 6.42 Å². The summed E-state index contributed by atoms with van der Waals surface area (Å²) in [5.41, 5.74) is 2.36. The molecule has 0 bridgehead atoms. The minimum Gasteiger partial charge on any atom is -0.504 e. The number of aromatic nitrogens is 4. The van der Waals surface area contributed by atoms with Gasteiger partial charge in [0, 0.05) is 37.9 Å². The predicted octanol–water partition coefficient (Wildman–Crippen LogP) is 5.10. The van der Waals surface area contributed by atoms with Crippen LogP contribution in [0.1, 0.15) is 39.3 Å². The summed E-state index contributed by atoms with van der Waals surface area (Å²) in [6.45, 7) is 10.6. The molecule has 1 saturated heterocycles. The van der Waals surface area contributed by atoms with Gasteiger partial charge < -0.3 is 24.3 Å². The van der Waals surface area contributed by atoms with Crippen molar-refractivity contribution in [3.05, 3.63) is 48.4 Å². The summed E-state index contributed by atoms with van der Waals surface area (Å²) in [5.74, 6) is 3.08. The third-order valence-electron chi connectivity index (χ3n) is 5.52. The Kier molecular flexibility index (Phi) is 9.42. The van der Waals surface area contributed by atoms with Gasteiger partial charge >= 0.3 is 6.09 Å². The fourth-order valence-electron chi connectivity index (χ4n) is 3.85. The zero-order valence-electron chi connectivity index (χ0n) is 22.0. The zero-order chi connectivity index (χ0) is 27.0. The van der Waals surface area contributed by atoms with Crippen molar-refractivity contribution in [1.29, 1.82) is 0 Å². The highest BCUT2D eigenvalue weighted by molar-refractivity contribution is 8.02. The molecule has 10 heteroatoms. The first-order valence-electron chi connectivity index (χ1n) is 11.9. The molecule has 9 nitrogen and oxygen atoms in total. The lowest BCUT2D eigenvalue weighted by Crippen LogP contribution is -2.44. The van der Waals surface area contributed by atoms with E-state index in [-0.39, 0.29) is 12.1 Å². The molecule has 2 aromatic heterocycles. The van der Waals surface area contributed by atoms with Gasteiger partial charge in [-0.05, 0) is 57.2 Å². The average molecular weight is 523 g/mol. The second kappa shape index (κ2) is 12.5. The minimum atomic E-state index is -0.510. The number of methoxy groups -OCH3 is 1. The minimum absolute atomic E-state index is 0.133. The van der Waals surface area contributed by atoms with Gasteiger partial charge in [0.2, 0.25) is 5.95 Å². The molecular weight excluding hydrogens is 488 g/mol. The van der Waals surface area contributed by atoms with Gasteiger partial charge in [0.1, 0.15) is 5.60 Å². The van der Waals surface area contributed by atoms with E-state index in [9.17, 15) is 4.79 Å². The molecule has 1 N–H and O–H groups in total. The quantitative estimate of drug-likeness (QED) is 0.221. The van der Waals surface area contributed by atoms with Crippen LogP contribution in [0.4, 0.5) is 10.7 Å². The molecule has 0 aromatic carbocycles. The molecule has 2 aromatic rings. The molecular formula is C27H34N6O3S. The van der Waals surface area contributed by atoms with Crippen molar-refractivity contribution in [2.75, 3.05) is 25.5 Å². The van der Waals surface area contributed by atoms with Gasteiger partial charge in [0.15, 0.2) is 5.16 Å². The van der Waals surface area contributed by atoms with Gasteiger partial charge in [0.05, 0.1) is 30.5 Å². The molecule has 0 spiro atoms. The number of anilines is 1. The Morgan fingerprint density at radius 1 is 1.32 bits per heavy atom. The fourth-order valence-corrected chi connectivity index (χ4v) is 4.40. The number of hydrogen-bond acceptors (Lipinski definition) is 8. The molecule has 3 heterocycles. The van der Waals surface area contributed by atoms with Gasteiger partial charge in [-0.25, -0.2) is 19.7 Å². The highest BCUT2D eigenvalue weighted by Gasteiger charge is 2.27. The summed E-state index contributed by atoms with van der Waals surface area (Å²) in [6.07, 6.45) is 13.5. The third-order valence-corrected chi connectivity index (χ3v) is 6.26. The number of carbonyl (C=O) groups excluding carboxylic acids is 1. The number of nitrogens with zero attached hydrogens (tertiary/aromatic N) is 5. The van der Waals surface area contributed by atoms with Crippen molar-refractivity contribution in [2.24, 2.45) is 7.05 Å². The molecule has 0 unspecified atom stereocenters. The van der Waals surface area contributed by atoms with E-state index in [0.717, 1.165) is 23.7 Å². The van der Waals surface area contributed by atoms with E-state index in [1.807, 2.05) is 38.5 Å². The van der Waals surface area contributed by atoms with Crippen LogP contribution in [-0.2, 0) is 16.5 Å². The van der Waals surface area contributed by atoms with E-state index >= 15 is 0 Å². The van der Waals surface area contributed by atoms with Crippen LogP contribution in [0.15, 0.2) is 47.8 Å². The van der Waals surface area contributed by atoms with Crippen LogP contribution >= 0.6 is 11.8 Å². The number of imidazole rings is 1. The van der Waals surface area contributed by atoms with Crippen LogP contribution in [0.3, 0.4) is 0 Å². The summed E-state index contributed by atoms with van der Waals surface area (Å²) >= 11 is 1.41. The zero-order valence-corrected chi connectivity index (χ0v) is 22.8.